The molecule has 4 nitrogen and oxygen atoms in total. The van der Waals surface area contributed by atoms with Crippen LogP contribution < -0.4 is 10.2 Å². The Morgan fingerprint density at radius 2 is 1.58 bits per heavy atom. The van der Waals surface area contributed by atoms with Crippen LogP contribution in [0.5, 0.6) is 5.75 Å². The first-order chi connectivity index (χ1) is 11.6. The van der Waals surface area contributed by atoms with Crippen molar-refractivity contribution in [1.82, 2.24) is 5.43 Å². The van der Waals surface area contributed by atoms with Gasteiger partial charge in [0.25, 0.3) is 5.91 Å². The molecular formula is C20H24N2O2. The number of hydrogen-bond acceptors (Lipinski definition) is 3. The summed E-state index contributed by atoms with van der Waals surface area (Å²) in [5.41, 5.74) is 5.95. The lowest BCUT2D eigenvalue weighted by Gasteiger charge is -2.13. The van der Waals surface area contributed by atoms with E-state index in [0.29, 0.717) is 5.75 Å². The van der Waals surface area contributed by atoms with Crippen LogP contribution in [0.25, 0.3) is 0 Å². The standard InChI is InChI=1S/C20H24N2O2/c1-4-16-6-8-18(9-7-16)14-21-22-20(23)15(3)24-19-12-10-17(5-2)11-13-19/h6-15H,4-5H2,1-3H3,(H,22,23). The first-order valence-electron chi connectivity index (χ1n) is 8.29. The average molecular weight is 324 g/mol. The molecule has 0 aliphatic heterocycles. The number of aryl methyl sites for hydroxylation is 2. The summed E-state index contributed by atoms with van der Waals surface area (Å²) in [6, 6.07) is 15.8. The summed E-state index contributed by atoms with van der Waals surface area (Å²) >= 11 is 0. The number of rotatable bonds is 7. The monoisotopic (exact) mass is 324 g/mol. The van der Waals surface area contributed by atoms with Crippen molar-refractivity contribution in [3.63, 3.8) is 0 Å². The highest BCUT2D eigenvalue weighted by atomic mass is 16.5. The molecule has 2 rings (SSSR count). The average Bonchev–Trinajstić information content (AvgIpc) is 2.62. The number of nitrogens with one attached hydrogen (secondary N) is 1. The molecule has 1 atom stereocenters. The minimum atomic E-state index is -0.614. The smallest absolute Gasteiger partial charge is 0.280 e. The van der Waals surface area contributed by atoms with Gasteiger partial charge < -0.3 is 4.74 Å². The molecule has 1 N–H and O–H groups in total. The van der Waals surface area contributed by atoms with Gasteiger partial charge in [0.05, 0.1) is 6.21 Å². The van der Waals surface area contributed by atoms with Crippen LogP contribution in [0, 0.1) is 0 Å². The van der Waals surface area contributed by atoms with Crippen molar-refractivity contribution < 1.29 is 9.53 Å². The molecule has 0 aromatic heterocycles. The van der Waals surface area contributed by atoms with Gasteiger partial charge >= 0.3 is 0 Å². The van der Waals surface area contributed by atoms with E-state index in [1.54, 1.807) is 13.1 Å². The Morgan fingerprint density at radius 3 is 2.12 bits per heavy atom. The Labute approximate surface area is 143 Å². The molecule has 0 aliphatic rings. The molecule has 2 aromatic rings. The highest BCUT2D eigenvalue weighted by Crippen LogP contribution is 2.14. The van der Waals surface area contributed by atoms with Crippen LogP contribution in [0.15, 0.2) is 53.6 Å². The van der Waals surface area contributed by atoms with Gasteiger partial charge in [0.1, 0.15) is 5.75 Å². The maximum Gasteiger partial charge on any atom is 0.280 e. The van der Waals surface area contributed by atoms with Crippen LogP contribution in [-0.2, 0) is 17.6 Å². The minimum absolute atomic E-state index is 0.281. The molecule has 0 spiro atoms. The number of ether oxygens (including phenoxy) is 1. The second-order valence-corrected chi connectivity index (χ2v) is 5.59. The van der Waals surface area contributed by atoms with Crippen molar-refractivity contribution >= 4 is 12.1 Å². The lowest BCUT2D eigenvalue weighted by Crippen LogP contribution is -2.33. The van der Waals surface area contributed by atoms with Gasteiger partial charge in [-0.1, -0.05) is 50.2 Å². The number of hydrogen-bond donors (Lipinski definition) is 1. The summed E-state index contributed by atoms with van der Waals surface area (Å²) in [5.74, 6) is 0.394. The van der Waals surface area contributed by atoms with Crippen LogP contribution in [-0.4, -0.2) is 18.2 Å². The molecule has 0 fully saturated rings. The number of amides is 1. The van der Waals surface area contributed by atoms with E-state index in [2.05, 4.69) is 36.5 Å². The summed E-state index contributed by atoms with van der Waals surface area (Å²) < 4.78 is 5.62. The third-order valence-electron chi connectivity index (χ3n) is 3.79. The van der Waals surface area contributed by atoms with Crippen molar-refractivity contribution in [3.8, 4) is 5.75 Å². The third-order valence-corrected chi connectivity index (χ3v) is 3.79. The Morgan fingerprint density at radius 1 is 1.04 bits per heavy atom. The van der Waals surface area contributed by atoms with Gasteiger partial charge in [-0.25, -0.2) is 5.43 Å². The van der Waals surface area contributed by atoms with Crippen molar-refractivity contribution in [3.05, 3.63) is 65.2 Å². The van der Waals surface area contributed by atoms with E-state index in [1.807, 2.05) is 36.4 Å². The van der Waals surface area contributed by atoms with E-state index in [0.717, 1.165) is 18.4 Å². The number of benzene rings is 2. The van der Waals surface area contributed by atoms with E-state index in [1.165, 1.54) is 11.1 Å². The summed E-state index contributed by atoms with van der Waals surface area (Å²) in [5, 5.41) is 3.98. The molecule has 0 saturated heterocycles. The molecule has 0 aliphatic carbocycles. The quantitative estimate of drug-likeness (QED) is 0.623. The molecule has 126 valence electrons. The van der Waals surface area contributed by atoms with Gasteiger partial charge in [0, 0.05) is 0 Å². The van der Waals surface area contributed by atoms with E-state index in [9.17, 15) is 4.79 Å². The second kappa shape index (κ2) is 8.87. The fraction of sp³-hybridized carbons (Fsp3) is 0.300. The molecule has 0 saturated carbocycles. The van der Waals surface area contributed by atoms with Crippen LogP contribution in [0.3, 0.4) is 0 Å². The number of hydrazone groups is 1. The molecular weight excluding hydrogens is 300 g/mol. The first-order valence-corrected chi connectivity index (χ1v) is 8.29. The van der Waals surface area contributed by atoms with Crippen LogP contribution in [0.4, 0.5) is 0 Å². The zero-order valence-electron chi connectivity index (χ0n) is 14.5. The van der Waals surface area contributed by atoms with Crippen LogP contribution in [0.2, 0.25) is 0 Å². The molecule has 1 unspecified atom stereocenters. The van der Waals surface area contributed by atoms with Gasteiger partial charge in [-0.3, -0.25) is 4.79 Å². The Bertz CT molecular complexity index is 676. The van der Waals surface area contributed by atoms with E-state index in [4.69, 9.17) is 4.74 Å². The Hall–Kier alpha value is -2.62. The van der Waals surface area contributed by atoms with Crippen molar-refractivity contribution in [2.45, 2.75) is 39.7 Å². The predicted octanol–water partition coefficient (Wildman–Crippen LogP) is 3.73. The molecule has 2 aromatic carbocycles. The summed E-state index contributed by atoms with van der Waals surface area (Å²) in [6.45, 7) is 5.91. The predicted molar refractivity (Wildman–Crippen MR) is 97.5 cm³/mol. The van der Waals surface area contributed by atoms with Crippen molar-refractivity contribution in [2.75, 3.05) is 0 Å². The zero-order chi connectivity index (χ0) is 17.4. The highest BCUT2D eigenvalue weighted by molar-refractivity contribution is 5.84. The number of carbonyl (C=O) groups excluding carboxylic acids is 1. The molecule has 0 heterocycles. The maximum atomic E-state index is 12.0. The number of carbonyl (C=O) groups is 1. The molecule has 0 radical (unpaired) electrons. The maximum absolute atomic E-state index is 12.0. The van der Waals surface area contributed by atoms with Crippen LogP contribution >= 0.6 is 0 Å². The number of nitrogens with zero attached hydrogens (tertiary/aromatic N) is 1. The first kappa shape index (κ1) is 17.7. The van der Waals surface area contributed by atoms with E-state index < -0.39 is 6.10 Å². The summed E-state index contributed by atoms with van der Waals surface area (Å²) in [7, 11) is 0. The van der Waals surface area contributed by atoms with Gasteiger partial charge in [-0.2, -0.15) is 5.10 Å². The molecule has 0 bridgehead atoms. The van der Waals surface area contributed by atoms with Gasteiger partial charge in [0.2, 0.25) is 0 Å². The van der Waals surface area contributed by atoms with Crippen molar-refractivity contribution in [1.29, 1.82) is 0 Å². The fourth-order valence-corrected chi connectivity index (χ4v) is 2.16. The second-order valence-electron chi connectivity index (χ2n) is 5.59. The topological polar surface area (TPSA) is 50.7 Å². The lowest BCUT2D eigenvalue weighted by atomic mass is 10.1. The molecule has 4 heteroatoms. The normalized spacial score (nSPS) is 12.1. The third kappa shape index (κ3) is 5.23. The van der Waals surface area contributed by atoms with E-state index in [-0.39, 0.29) is 5.91 Å². The zero-order valence-corrected chi connectivity index (χ0v) is 14.5. The molecule has 1 amide bonds. The largest absolute Gasteiger partial charge is 0.481 e. The fourth-order valence-electron chi connectivity index (χ4n) is 2.16. The summed E-state index contributed by atoms with van der Waals surface area (Å²) in [6.07, 6.45) is 2.99. The minimum Gasteiger partial charge on any atom is -0.481 e. The lowest BCUT2D eigenvalue weighted by molar-refractivity contribution is -0.127. The van der Waals surface area contributed by atoms with Crippen molar-refractivity contribution in [2.24, 2.45) is 5.10 Å². The van der Waals surface area contributed by atoms with Gasteiger partial charge in [-0.05, 0) is 48.6 Å². The van der Waals surface area contributed by atoms with E-state index >= 15 is 0 Å². The van der Waals surface area contributed by atoms with Gasteiger partial charge in [-0.15, -0.1) is 0 Å². The SMILES string of the molecule is CCc1ccc(C=NNC(=O)C(C)Oc2ccc(CC)cc2)cc1. The Balaban J connectivity index is 1.84. The van der Waals surface area contributed by atoms with Gasteiger partial charge in [0.15, 0.2) is 6.10 Å². The van der Waals surface area contributed by atoms with Crippen LogP contribution in [0.1, 0.15) is 37.5 Å². The molecule has 24 heavy (non-hydrogen) atoms. The highest BCUT2D eigenvalue weighted by Gasteiger charge is 2.13. The summed E-state index contributed by atoms with van der Waals surface area (Å²) in [4.78, 5) is 12.0. The Kier molecular flexibility index (Phi) is 6.55.